The summed E-state index contributed by atoms with van der Waals surface area (Å²) in [7, 11) is 0. The number of hydrogen-bond acceptors (Lipinski definition) is 5. The minimum atomic E-state index is -0.369. The van der Waals surface area contributed by atoms with Crippen LogP contribution in [0.5, 0.6) is 0 Å². The van der Waals surface area contributed by atoms with E-state index in [-0.39, 0.29) is 30.0 Å². The molecule has 1 aliphatic rings. The molecule has 1 aromatic heterocycles. The largest absolute Gasteiger partial charge is 0.459 e. The molecule has 32 heavy (non-hydrogen) atoms. The predicted molar refractivity (Wildman–Crippen MR) is 122 cm³/mol. The third kappa shape index (κ3) is 5.34. The highest BCUT2D eigenvalue weighted by atomic mass is 16.3. The Balaban J connectivity index is 1.27. The van der Waals surface area contributed by atoms with Gasteiger partial charge in [-0.25, -0.2) is 0 Å². The van der Waals surface area contributed by atoms with Crippen LogP contribution in [0.2, 0.25) is 0 Å². The zero-order valence-corrected chi connectivity index (χ0v) is 17.5. The summed E-state index contributed by atoms with van der Waals surface area (Å²) in [5.41, 5.74) is 2.49. The summed E-state index contributed by atoms with van der Waals surface area (Å²) in [6.45, 7) is 1.68. The van der Waals surface area contributed by atoms with Crippen LogP contribution in [0.4, 0.5) is 17.1 Å². The van der Waals surface area contributed by atoms with Gasteiger partial charge in [0.05, 0.1) is 12.8 Å². The molecule has 8 nitrogen and oxygen atoms in total. The Hall–Kier alpha value is -4.07. The zero-order valence-electron chi connectivity index (χ0n) is 17.5. The first-order valence-corrected chi connectivity index (χ1v) is 10.5. The van der Waals surface area contributed by atoms with Gasteiger partial charge in [-0.15, -0.1) is 0 Å². The molecule has 1 saturated heterocycles. The van der Waals surface area contributed by atoms with E-state index in [2.05, 4.69) is 16.0 Å². The molecular weight excluding hydrogens is 408 g/mol. The highest BCUT2D eigenvalue weighted by Crippen LogP contribution is 2.17. The van der Waals surface area contributed by atoms with Crippen molar-refractivity contribution >= 4 is 34.8 Å². The van der Waals surface area contributed by atoms with Gasteiger partial charge in [0.1, 0.15) is 0 Å². The molecular formula is C24H24N4O4. The minimum absolute atomic E-state index is 0.0470. The lowest BCUT2D eigenvalue weighted by Gasteiger charge is -2.15. The van der Waals surface area contributed by atoms with Crippen molar-refractivity contribution in [2.24, 2.45) is 0 Å². The Morgan fingerprint density at radius 3 is 2.25 bits per heavy atom. The number of amides is 3. The van der Waals surface area contributed by atoms with Crippen LogP contribution in [0.15, 0.2) is 71.3 Å². The van der Waals surface area contributed by atoms with Gasteiger partial charge in [0, 0.05) is 35.7 Å². The summed E-state index contributed by atoms with van der Waals surface area (Å²) in [6, 6.07) is 17.2. The Kier molecular flexibility index (Phi) is 6.50. The van der Waals surface area contributed by atoms with Crippen molar-refractivity contribution in [1.29, 1.82) is 0 Å². The van der Waals surface area contributed by atoms with E-state index >= 15 is 0 Å². The summed E-state index contributed by atoms with van der Waals surface area (Å²) in [4.78, 5) is 38.7. The van der Waals surface area contributed by atoms with Crippen LogP contribution in [0, 0.1) is 0 Å². The van der Waals surface area contributed by atoms with Crippen LogP contribution in [0.3, 0.4) is 0 Å². The number of carbonyl (C=O) groups is 3. The van der Waals surface area contributed by atoms with Gasteiger partial charge in [-0.2, -0.15) is 0 Å². The van der Waals surface area contributed by atoms with Crippen molar-refractivity contribution in [2.75, 3.05) is 35.6 Å². The molecule has 0 spiro atoms. The molecule has 3 aromatic rings. The number of furan rings is 1. The Morgan fingerprint density at radius 2 is 1.56 bits per heavy atom. The van der Waals surface area contributed by atoms with Gasteiger partial charge in [0.25, 0.3) is 11.8 Å². The molecule has 0 unspecified atom stereocenters. The van der Waals surface area contributed by atoms with E-state index in [9.17, 15) is 14.4 Å². The molecule has 3 amide bonds. The molecule has 4 rings (SSSR count). The smallest absolute Gasteiger partial charge is 0.291 e. The van der Waals surface area contributed by atoms with E-state index in [1.807, 2.05) is 4.90 Å². The van der Waals surface area contributed by atoms with Crippen LogP contribution in [0.1, 0.15) is 33.8 Å². The molecule has 1 aliphatic heterocycles. The van der Waals surface area contributed by atoms with E-state index in [0.717, 1.165) is 31.6 Å². The van der Waals surface area contributed by atoms with Crippen LogP contribution in [0.25, 0.3) is 0 Å². The van der Waals surface area contributed by atoms with Crippen molar-refractivity contribution in [2.45, 2.75) is 12.8 Å². The van der Waals surface area contributed by atoms with E-state index in [4.69, 9.17) is 4.42 Å². The van der Waals surface area contributed by atoms with E-state index in [1.54, 1.807) is 60.7 Å². The number of rotatable bonds is 7. The first-order chi connectivity index (χ1) is 15.6. The number of carbonyl (C=O) groups excluding carboxylic acids is 3. The van der Waals surface area contributed by atoms with E-state index in [0.29, 0.717) is 16.9 Å². The Labute approximate surface area is 185 Å². The van der Waals surface area contributed by atoms with Gasteiger partial charge in [0.2, 0.25) is 5.91 Å². The maximum atomic E-state index is 12.4. The third-order valence-corrected chi connectivity index (χ3v) is 5.13. The fourth-order valence-electron chi connectivity index (χ4n) is 3.50. The number of benzene rings is 2. The molecule has 2 aromatic carbocycles. The van der Waals surface area contributed by atoms with Crippen LogP contribution >= 0.6 is 0 Å². The fourth-order valence-corrected chi connectivity index (χ4v) is 3.50. The average molecular weight is 432 g/mol. The molecule has 2 heterocycles. The summed E-state index contributed by atoms with van der Waals surface area (Å²) >= 11 is 0. The van der Waals surface area contributed by atoms with Gasteiger partial charge < -0.3 is 25.3 Å². The quantitative estimate of drug-likeness (QED) is 0.527. The maximum absolute atomic E-state index is 12.4. The highest BCUT2D eigenvalue weighted by Gasteiger charge is 2.19. The summed E-state index contributed by atoms with van der Waals surface area (Å²) in [5.74, 6) is -0.355. The van der Waals surface area contributed by atoms with Crippen molar-refractivity contribution < 1.29 is 18.8 Å². The van der Waals surface area contributed by atoms with Crippen LogP contribution in [-0.4, -0.2) is 42.3 Å². The van der Waals surface area contributed by atoms with Crippen molar-refractivity contribution in [3.05, 3.63) is 78.3 Å². The minimum Gasteiger partial charge on any atom is -0.459 e. The highest BCUT2D eigenvalue weighted by molar-refractivity contribution is 6.03. The molecule has 0 radical (unpaired) electrons. The van der Waals surface area contributed by atoms with E-state index < -0.39 is 0 Å². The lowest BCUT2D eigenvalue weighted by Crippen LogP contribution is -2.27. The normalized spacial score (nSPS) is 12.9. The number of likely N-dealkylation sites (tertiary alicyclic amines) is 1. The first-order valence-electron chi connectivity index (χ1n) is 10.5. The number of hydrogen-bond donors (Lipinski definition) is 3. The molecule has 0 aliphatic carbocycles. The van der Waals surface area contributed by atoms with Gasteiger partial charge in [-0.3, -0.25) is 14.4 Å². The SMILES string of the molecule is O=C(CNc1ccc(C(=O)N2CCCC2)cc1)Nc1cccc(NC(=O)c2ccco2)c1. The average Bonchev–Trinajstić information content (AvgIpc) is 3.52. The topological polar surface area (TPSA) is 104 Å². The molecule has 1 fully saturated rings. The molecule has 164 valence electrons. The first kappa shape index (κ1) is 21.2. The van der Waals surface area contributed by atoms with Crippen LogP contribution in [-0.2, 0) is 4.79 Å². The second-order valence-corrected chi connectivity index (χ2v) is 7.49. The van der Waals surface area contributed by atoms with Gasteiger partial charge in [-0.1, -0.05) is 6.07 Å². The van der Waals surface area contributed by atoms with Crippen molar-refractivity contribution in [1.82, 2.24) is 4.90 Å². The predicted octanol–water partition coefficient (Wildman–Crippen LogP) is 3.82. The molecule has 3 N–H and O–H groups in total. The number of nitrogens with one attached hydrogen (secondary N) is 3. The third-order valence-electron chi connectivity index (χ3n) is 5.13. The molecule has 8 heteroatoms. The zero-order chi connectivity index (χ0) is 22.3. The van der Waals surface area contributed by atoms with Crippen molar-refractivity contribution in [3.63, 3.8) is 0 Å². The van der Waals surface area contributed by atoms with Crippen LogP contribution < -0.4 is 16.0 Å². The molecule has 0 saturated carbocycles. The standard InChI is InChI=1S/C24H24N4O4/c29-22(16-25-18-10-8-17(9-11-18)24(31)28-12-1-2-13-28)26-19-5-3-6-20(15-19)27-23(30)21-7-4-14-32-21/h3-11,14-15,25H,1-2,12-13,16H2,(H,26,29)(H,27,30). The second kappa shape index (κ2) is 9.82. The van der Waals surface area contributed by atoms with Gasteiger partial charge >= 0.3 is 0 Å². The maximum Gasteiger partial charge on any atom is 0.291 e. The summed E-state index contributed by atoms with van der Waals surface area (Å²) < 4.78 is 5.07. The molecule has 0 bridgehead atoms. The van der Waals surface area contributed by atoms with Gasteiger partial charge in [-0.05, 0) is 67.4 Å². The lowest BCUT2D eigenvalue weighted by atomic mass is 10.2. The lowest BCUT2D eigenvalue weighted by molar-refractivity contribution is -0.114. The molecule has 0 atom stereocenters. The summed E-state index contributed by atoms with van der Waals surface area (Å²) in [5, 5.41) is 8.56. The number of nitrogens with zero attached hydrogens (tertiary/aromatic N) is 1. The monoisotopic (exact) mass is 432 g/mol. The fraction of sp³-hybridized carbons (Fsp3) is 0.208. The Morgan fingerprint density at radius 1 is 0.844 bits per heavy atom. The number of anilines is 3. The van der Waals surface area contributed by atoms with E-state index in [1.165, 1.54) is 6.26 Å². The van der Waals surface area contributed by atoms with Gasteiger partial charge in [0.15, 0.2) is 5.76 Å². The van der Waals surface area contributed by atoms with Crippen molar-refractivity contribution in [3.8, 4) is 0 Å². The summed E-state index contributed by atoms with van der Waals surface area (Å²) in [6.07, 6.45) is 3.54. The Bertz CT molecular complexity index is 1090. The second-order valence-electron chi connectivity index (χ2n) is 7.49.